The molecule has 7 heteroatoms. The number of carboxylic acid groups (broad SMARTS) is 2. The van der Waals surface area contributed by atoms with Crippen LogP contribution >= 0.6 is 0 Å². The molecule has 0 unspecified atom stereocenters. The fraction of sp³-hybridized carbons (Fsp3) is 0.562. The summed E-state index contributed by atoms with van der Waals surface area (Å²) in [6.07, 6.45) is -1.75. The number of ether oxygens (including phenoxy) is 1. The van der Waals surface area contributed by atoms with E-state index in [0.29, 0.717) is 0 Å². The van der Waals surface area contributed by atoms with Crippen molar-refractivity contribution in [2.45, 2.75) is 59.4 Å². The molecular formula is C16H26N2O5. The van der Waals surface area contributed by atoms with E-state index in [4.69, 9.17) is 10.2 Å². The molecule has 0 radical (unpaired) electrons. The highest BCUT2D eigenvalue weighted by Crippen LogP contribution is 2.32. The SMILES string of the molecule is Cc1ccnc(NC(C)(C)C)c1C(C)(C)C.O=C(O)OC(=O)O. The van der Waals surface area contributed by atoms with Crippen molar-refractivity contribution >= 4 is 18.1 Å². The minimum absolute atomic E-state index is 0.0425. The zero-order valence-corrected chi connectivity index (χ0v) is 14.7. The van der Waals surface area contributed by atoms with Crippen molar-refractivity contribution < 1.29 is 24.5 Å². The largest absolute Gasteiger partial charge is 0.516 e. The third-order valence-electron chi connectivity index (χ3n) is 2.58. The summed E-state index contributed by atoms with van der Waals surface area (Å²) in [5, 5.41) is 18.4. The summed E-state index contributed by atoms with van der Waals surface area (Å²) >= 11 is 0. The van der Waals surface area contributed by atoms with Crippen LogP contribution in [0.1, 0.15) is 52.7 Å². The molecule has 1 heterocycles. The Hall–Kier alpha value is -2.31. The minimum Gasteiger partial charge on any atom is -0.449 e. The van der Waals surface area contributed by atoms with Crippen LogP contribution in [0.2, 0.25) is 0 Å². The molecule has 1 rings (SSSR count). The molecule has 0 amide bonds. The second-order valence-corrected chi connectivity index (χ2v) is 7.11. The zero-order valence-electron chi connectivity index (χ0n) is 14.7. The van der Waals surface area contributed by atoms with E-state index < -0.39 is 12.3 Å². The Morgan fingerprint density at radius 2 is 1.57 bits per heavy atom. The number of nitrogens with one attached hydrogen (secondary N) is 1. The number of hydrogen-bond donors (Lipinski definition) is 3. The van der Waals surface area contributed by atoms with E-state index in [2.05, 4.69) is 69.6 Å². The van der Waals surface area contributed by atoms with E-state index in [-0.39, 0.29) is 11.0 Å². The lowest BCUT2D eigenvalue weighted by molar-refractivity contribution is 0.0802. The van der Waals surface area contributed by atoms with E-state index in [0.717, 1.165) is 5.82 Å². The van der Waals surface area contributed by atoms with Gasteiger partial charge >= 0.3 is 12.3 Å². The molecule has 0 aliphatic rings. The maximum atomic E-state index is 9.21. The topological polar surface area (TPSA) is 109 Å². The monoisotopic (exact) mass is 326 g/mol. The number of aryl methyl sites for hydroxylation is 1. The first kappa shape index (κ1) is 20.7. The van der Waals surface area contributed by atoms with E-state index >= 15 is 0 Å². The standard InChI is InChI=1S/C14H24N2.C2H2O5/c1-10-8-9-15-12(16-14(5,6)7)11(10)13(2,3)4;3-1(4)7-2(5)6/h8-9H,1-7H3,(H,15,16);(H,3,4)(H,5,6). The molecule has 0 bridgehead atoms. The van der Waals surface area contributed by atoms with Crippen molar-refractivity contribution in [1.82, 2.24) is 4.98 Å². The third kappa shape index (κ3) is 8.65. The molecule has 3 N–H and O–H groups in total. The quantitative estimate of drug-likeness (QED) is 0.522. The van der Waals surface area contributed by atoms with Crippen LogP contribution in [-0.2, 0) is 10.2 Å². The predicted molar refractivity (Wildman–Crippen MR) is 88.2 cm³/mol. The minimum atomic E-state index is -1.81. The first-order valence-corrected chi connectivity index (χ1v) is 7.12. The Balaban J connectivity index is 0.000000585. The lowest BCUT2D eigenvalue weighted by Gasteiger charge is -2.29. The van der Waals surface area contributed by atoms with Crippen molar-refractivity contribution in [2.24, 2.45) is 0 Å². The van der Waals surface area contributed by atoms with Gasteiger partial charge in [-0.1, -0.05) is 20.8 Å². The molecule has 0 aromatic carbocycles. The van der Waals surface area contributed by atoms with E-state index in [1.54, 1.807) is 0 Å². The highest BCUT2D eigenvalue weighted by atomic mass is 16.7. The number of rotatable bonds is 1. The van der Waals surface area contributed by atoms with Crippen molar-refractivity contribution in [1.29, 1.82) is 0 Å². The molecule has 0 saturated carbocycles. The summed E-state index contributed by atoms with van der Waals surface area (Å²) in [6.45, 7) is 15.3. The smallest absolute Gasteiger partial charge is 0.449 e. The van der Waals surface area contributed by atoms with Gasteiger partial charge in [-0.15, -0.1) is 0 Å². The zero-order chi connectivity index (χ0) is 18.4. The van der Waals surface area contributed by atoms with Crippen molar-refractivity contribution in [3.8, 4) is 0 Å². The lowest BCUT2D eigenvalue weighted by atomic mass is 9.84. The van der Waals surface area contributed by atoms with Gasteiger partial charge in [0.1, 0.15) is 5.82 Å². The van der Waals surface area contributed by atoms with Gasteiger partial charge < -0.3 is 20.3 Å². The molecule has 0 aliphatic heterocycles. The highest BCUT2D eigenvalue weighted by Gasteiger charge is 2.23. The van der Waals surface area contributed by atoms with E-state index in [1.807, 2.05) is 6.20 Å². The molecule has 7 nitrogen and oxygen atoms in total. The Morgan fingerprint density at radius 3 is 1.87 bits per heavy atom. The van der Waals surface area contributed by atoms with Crippen LogP contribution in [0.5, 0.6) is 0 Å². The van der Waals surface area contributed by atoms with Crippen LogP contribution in [-0.4, -0.2) is 33.0 Å². The number of aromatic nitrogens is 1. The lowest BCUT2D eigenvalue weighted by Crippen LogP contribution is -2.29. The molecule has 1 aromatic heterocycles. The van der Waals surface area contributed by atoms with E-state index in [9.17, 15) is 9.59 Å². The van der Waals surface area contributed by atoms with Gasteiger partial charge in [0.25, 0.3) is 0 Å². The molecule has 23 heavy (non-hydrogen) atoms. The fourth-order valence-electron chi connectivity index (χ4n) is 2.03. The van der Waals surface area contributed by atoms with Crippen molar-refractivity contribution in [3.05, 3.63) is 23.4 Å². The van der Waals surface area contributed by atoms with Gasteiger partial charge in [-0.05, 0) is 44.7 Å². The Kier molecular flexibility index (Phi) is 7.02. The molecule has 130 valence electrons. The van der Waals surface area contributed by atoms with Crippen LogP contribution in [0, 0.1) is 6.92 Å². The van der Waals surface area contributed by atoms with Gasteiger partial charge in [0.15, 0.2) is 0 Å². The highest BCUT2D eigenvalue weighted by molar-refractivity contribution is 5.74. The molecule has 0 spiro atoms. The average Bonchev–Trinajstić information content (AvgIpc) is 2.22. The molecule has 0 atom stereocenters. The van der Waals surface area contributed by atoms with Crippen molar-refractivity contribution in [3.63, 3.8) is 0 Å². The molecule has 0 fully saturated rings. The van der Waals surface area contributed by atoms with Gasteiger partial charge in [0.05, 0.1) is 0 Å². The first-order valence-electron chi connectivity index (χ1n) is 7.12. The molecule has 1 aromatic rings. The molecule has 0 aliphatic carbocycles. The molecule has 0 saturated heterocycles. The van der Waals surface area contributed by atoms with Crippen LogP contribution in [0.3, 0.4) is 0 Å². The van der Waals surface area contributed by atoms with Crippen LogP contribution < -0.4 is 5.32 Å². The Morgan fingerprint density at radius 1 is 1.09 bits per heavy atom. The van der Waals surface area contributed by atoms with Gasteiger partial charge in [-0.3, -0.25) is 0 Å². The van der Waals surface area contributed by atoms with Gasteiger partial charge in [0.2, 0.25) is 0 Å². The Labute approximate surface area is 136 Å². The summed E-state index contributed by atoms with van der Waals surface area (Å²) in [5.41, 5.74) is 2.77. The first-order chi connectivity index (χ1) is 10.2. The maximum absolute atomic E-state index is 9.21. The number of nitrogens with zero attached hydrogens (tertiary/aromatic N) is 1. The van der Waals surface area contributed by atoms with Crippen LogP contribution in [0.15, 0.2) is 12.3 Å². The van der Waals surface area contributed by atoms with Gasteiger partial charge in [0, 0.05) is 17.3 Å². The second-order valence-electron chi connectivity index (χ2n) is 7.11. The summed E-state index contributed by atoms with van der Waals surface area (Å²) in [6, 6.07) is 2.08. The average molecular weight is 326 g/mol. The third-order valence-corrected chi connectivity index (χ3v) is 2.58. The summed E-state index contributed by atoms with van der Waals surface area (Å²) < 4.78 is 3.08. The molecular weight excluding hydrogens is 300 g/mol. The summed E-state index contributed by atoms with van der Waals surface area (Å²) in [5.74, 6) is 1.01. The predicted octanol–water partition coefficient (Wildman–Crippen LogP) is 4.26. The van der Waals surface area contributed by atoms with E-state index in [1.165, 1.54) is 11.1 Å². The van der Waals surface area contributed by atoms with Gasteiger partial charge in [-0.2, -0.15) is 0 Å². The van der Waals surface area contributed by atoms with Gasteiger partial charge in [-0.25, -0.2) is 14.6 Å². The normalized spacial score (nSPS) is 11.1. The fourth-order valence-corrected chi connectivity index (χ4v) is 2.03. The number of anilines is 1. The van der Waals surface area contributed by atoms with Crippen LogP contribution in [0.4, 0.5) is 15.4 Å². The summed E-state index contributed by atoms with van der Waals surface area (Å²) in [4.78, 5) is 22.9. The summed E-state index contributed by atoms with van der Waals surface area (Å²) in [7, 11) is 0. The number of pyridine rings is 1. The van der Waals surface area contributed by atoms with Crippen molar-refractivity contribution in [2.75, 3.05) is 5.32 Å². The second kappa shape index (κ2) is 7.80. The van der Waals surface area contributed by atoms with Crippen LogP contribution in [0.25, 0.3) is 0 Å². The number of hydrogen-bond acceptors (Lipinski definition) is 5. The number of carbonyl (C=O) groups is 2. The maximum Gasteiger partial charge on any atom is 0.516 e. The Bertz CT molecular complexity index is 545.